The molecule has 196 valence electrons. The summed E-state index contributed by atoms with van der Waals surface area (Å²) < 4.78 is 19.3. The molecule has 0 saturated carbocycles. The Morgan fingerprint density at radius 1 is 1.05 bits per heavy atom. The maximum absolute atomic E-state index is 13.8. The molecule has 0 unspecified atom stereocenters. The molecule has 3 aromatic rings. The van der Waals surface area contributed by atoms with Crippen molar-refractivity contribution in [3.05, 3.63) is 75.1 Å². The largest absolute Gasteiger partial charge is 0.485 e. The highest BCUT2D eigenvalue weighted by Gasteiger charge is 2.16. The van der Waals surface area contributed by atoms with Crippen molar-refractivity contribution in [2.75, 3.05) is 37.2 Å². The van der Waals surface area contributed by atoms with Crippen molar-refractivity contribution in [1.29, 1.82) is 0 Å². The monoisotopic (exact) mass is 548 g/mol. The molecule has 0 aliphatic heterocycles. The number of hydrogen-bond donors (Lipinski definition) is 3. The van der Waals surface area contributed by atoms with Gasteiger partial charge in [0.2, 0.25) is 0 Å². The predicted molar refractivity (Wildman–Crippen MR) is 142 cm³/mol. The van der Waals surface area contributed by atoms with Gasteiger partial charge in [-0.05, 0) is 49.5 Å². The van der Waals surface area contributed by atoms with Gasteiger partial charge in [-0.2, -0.15) is 0 Å². The molecule has 1 aromatic heterocycles. The van der Waals surface area contributed by atoms with E-state index in [0.29, 0.717) is 17.8 Å². The standard InChI is InChI=1S/C25H27Cl2FN6O3/c1-3-34(4-2)12-11-30-24(35)15-5-7-16(8-6-15)31-25(36)20-13-21(23(29)33-32-20)37-14-17-18(26)9-10-19(28)22(17)27/h5-10,13H,3-4,11-12,14H2,1-2H3,(H2,29,33)(H,30,35)(H,31,36). The van der Waals surface area contributed by atoms with Gasteiger partial charge in [0.25, 0.3) is 11.8 Å². The van der Waals surface area contributed by atoms with Gasteiger partial charge in [0.1, 0.15) is 12.4 Å². The van der Waals surface area contributed by atoms with Gasteiger partial charge in [-0.25, -0.2) is 4.39 Å². The molecule has 0 spiro atoms. The third-order valence-corrected chi connectivity index (χ3v) is 6.31. The molecule has 0 radical (unpaired) electrons. The van der Waals surface area contributed by atoms with Crippen molar-refractivity contribution in [2.24, 2.45) is 0 Å². The highest BCUT2D eigenvalue weighted by atomic mass is 35.5. The number of amides is 2. The molecule has 0 bridgehead atoms. The molecule has 9 nitrogen and oxygen atoms in total. The van der Waals surface area contributed by atoms with Gasteiger partial charge in [0.05, 0.1) is 5.02 Å². The zero-order chi connectivity index (χ0) is 26.9. The lowest BCUT2D eigenvalue weighted by Gasteiger charge is -2.18. The maximum atomic E-state index is 13.8. The number of benzene rings is 2. The highest BCUT2D eigenvalue weighted by Crippen LogP contribution is 2.29. The minimum Gasteiger partial charge on any atom is -0.485 e. The number of anilines is 2. The van der Waals surface area contributed by atoms with Gasteiger partial charge in [-0.1, -0.05) is 37.0 Å². The highest BCUT2D eigenvalue weighted by molar-refractivity contribution is 6.36. The first-order valence-electron chi connectivity index (χ1n) is 11.5. The topological polar surface area (TPSA) is 122 Å². The van der Waals surface area contributed by atoms with E-state index in [1.54, 1.807) is 24.3 Å². The molecular weight excluding hydrogens is 522 g/mol. The molecule has 2 amide bonds. The average molecular weight is 549 g/mol. The lowest BCUT2D eigenvalue weighted by atomic mass is 10.2. The van der Waals surface area contributed by atoms with Gasteiger partial charge >= 0.3 is 0 Å². The number of aromatic nitrogens is 2. The fourth-order valence-electron chi connectivity index (χ4n) is 3.33. The first-order valence-corrected chi connectivity index (χ1v) is 12.3. The maximum Gasteiger partial charge on any atom is 0.276 e. The third kappa shape index (κ3) is 7.51. The quantitative estimate of drug-likeness (QED) is 0.303. The van der Waals surface area contributed by atoms with Crippen LogP contribution in [0.1, 0.15) is 40.3 Å². The van der Waals surface area contributed by atoms with Crippen LogP contribution in [0.5, 0.6) is 5.75 Å². The Morgan fingerprint density at radius 2 is 1.76 bits per heavy atom. The summed E-state index contributed by atoms with van der Waals surface area (Å²) in [5.74, 6) is -1.44. The van der Waals surface area contributed by atoms with Crippen LogP contribution < -0.4 is 21.1 Å². The number of hydrogen-bond acceptors (Lipinski definition) is 7. The number of nitrogens with one attached hydrogen (secondary N) is 2. The molecule has 0 atom stereocenters. The minimum atomic E-state index is -0.645. The summed E-state index contributed by atoms with van der Waals surface area (Å²) in [6, 6.07) is 10.2. The zero-order valence-corrected chi connectivity index (χ0v) is 21.9. The first kappa shape index (κ1) is 28.1. The number of carbonyl (C=O) groups excluding carboxylic acids is 2. The summed E-state index contributed by atoms with van der Waals surface area (Å²) in [5, 5.41) is 13.1. The van der Waals surface area contributed by atoms with E-state index in [1.807, 2.05) is 0 Å². The van der Waals surface area contributed by atoms with Crippen LogP contribution in [0.15, 0.2) is 42.5 Å². The Balaban J connectivity index is 1.61. The van der Waals surface area contributed by atoms with Crippen LogP contribution in [0.3, 0.4) is 0 Å². The van der Waals surface area contributed by atoms with E-state index in [2.05, 4.69) is 39.6 Å². The van der Waals surface area contributed by atoms with E-state index in [4.69, 9.17) is 33.7 Å². The summed E-state index contributed by atoms with van der Waals surface area (Å²) in [6.45, 7) is 7.08. The van der Waals surface area contributed by atoms with E-state index in [9.17, 15) is 14.0 Å². The van der Waals surface area contributed by atoms with Crippen molar-refractivity contribution in [1.82, 2.24) is 20.4 Å². The summed E-state index contributed by atoms with van der Waals surface area (Å²) in [5.41, 5.74) is 6.88. The summed E-state index contributed by atoms with van der Waals surface area (Å²) >= 11 is 12.0. The lowest BCUT2D eigenvalue weighted by Crippen LogP contribution is -2.34. The number of rotatable bonds is 11. The SMILES string of the molecule is CCN(CC)CCNC(=O)c1ccc(NC(=O)c2cc(OCc3c(Cl)ccc(F)c3Cl)c(N)nn2)cc1. The fourth-order valence-corrected chi connectivity index (χ4v) is 3.81. The Labute approximate surface area is 224 Å². The van der Waals surface area contributed by atoms with Crippen molar-refractivity contribution in [3.63, 3.8) is 0 Å². The molecule has 0 aliphatic carbocycles. The van der Waals surface area contributed by atoms with E-state index < -0.39 is 11.7 Å². The Bertz CT molecular complexity index is 1260. The second-order valence-electron chi connectivity index (χ2n) is 7.90. The van der Waals surface area contributed by atoms with Crippen LogP contribution in [-0.2, 0) is 6.61 Å². The van der Waals surface area contributed by atoms with E-state index in [1.165, 1.54) is 12.1 Å². The molecular formula is C25H27Cl2FN6O3. The molecule has 0 fully saturated rings. The third-order valence-electron chi connectivity index (χ3n) is 5.54. The van der Waals surface area contributed by atoms with Crippen LogP contribution in [-0.4, -0.2) is 53.1 Å². The van der Waals surface area contributed by atoms with Crippen LogP contribution in [0.4, 0.5) is 15.9 Å². The van der Waals surface area contributed by atoms with Crippen LogP contribution >= 0.6 is 23.2 Å². The molecule has 1 heterocycles. The van der Waals surface area contributed by atoms with Crippen molar-refractivity contribution >= 4 is 46.5 Å². The van der Waals surface area contributed by atoms with E-state index in [-0.39, 0.29) is 45.4 Å². The molecule has 0 saturated heterocycles. The number of nitrogens with two attached hydrogens (primary N) is 1. The zero-order valence-electron chi connectivity index (χ0n) is 20.4. The van der Waals surface area contributed by atoms with Crippen LogP contribution in [0.25, 0.3) is 0 Å². The van der Waals surface area contributed by atoms with Crippen LogP contribution in [0, 0.1) is 5.82 Å². The van der Waals surface area contributed by atoms with Gasteiger partial charge < -0.3 is 26.0 Å². The number of nitrogen functional groups attached to an aromatic ring is 1. The molecule has 4 N–H and O–H groups in total. The van der Waals surface area contributed by atoms with Gasteiger partial charge in [-0.15, -0.1) is 10.2 Å². The number of halogens is 3. The number of ether oxygens (including phenoxy) is 1. The average Bonchev–Trinajstić information content (AvgIpc) is 2.90. The summed E-state index contributed by atoms with van der Waals surface area (Å²) in [4.78, 5) is 27.3. The molecule has 0 aliphatic rings. The minimum absolute atomic E-state index is 0.0493. The van der Waals surface area contributed by atoms with Gasteiger partial charge in [0, 0.05) is 41.0 Å². The fraction of sp³-hybridized carbons (Fsp3) is 0.280. The smallest absolute Gasteiger partial charge is 0.276 e. The Hall–Kier alpha value is -3.47. The number of carbonyl (C=O) groups is 2. The predicted octanol–water partition coefficient (Wildman–Crippen LogP) is 4.41. The van der Waals surface area contributed by atoms with Gasteiger partial charge in [0.15, 0.2) is 17.3 Å². The van der Waals surface area contributed by atoms with Crippen LogP contribution in [0.2, 0.25) is 10.0 Å². The Morgan fingerprint density at radius 3 is 2.43 bits per heavy atom. The van der Waals surface area contributed by atoms with Crippen molar-refractivity contribution < 1.29 is 18.7 Å². The molecule has 2 aromatic carbocycles. The van der Waals surface area contributed by atoms with Crippen molar-refractivity contribution in [3.8, 4) is 5.75 Å². The van der Waals surface area contributed by atoms with E-state index >= 15 is 0 Å². The van der Waals surface area contributed by atoms with E-state index in [0.717, 1.165) is 25.7 Å². The lowest BCUT2D eigenvalue weighted by molar-refractivity contribution is 0.0948. The van der Waals surface area contributed by atoms with Gasteiger partial charge in [-0.3, -0.25) is 9.59 Å². The summed E-state index contributed by atoms with van der Waals surface area (Å²) in [7, 11) is 0. The normalized spacial score (nSPS) is 10.9. The second kappa shape index (κ2) is 13.2. The second-order valence-corrected chi connectivity index (χ2v) is 8.69. The molecule has 12 heteroatoms. The first-order chi connectivity index (χ1) is 17.7. The molecule has 3 rings (SSSR count). The number of likely N-dealkylation sites (N-methyl/N-ethyl adjacent to an activating group) is 1. The number of nitrogens with zero attached hydrogens (tertiary/aromatic N) is 3. The summed E-state index contributed by atoms with van der Waals surface area (Å²) in [6.07, 6.45) is 0. The Kier molecular flexibility index (Phi) is 10.0. The molecule has 37 heavy (non-hydrogen) atoms. The van der Waals surface area contributed by atoms with Crippen molar-refractivity contribution in [2.45, 2.75) is 20.5 Å².